The molecule has 1 aliphatic carbocycles. The zero-order valence-corrected chi connectivity index (χ0v) is 17.9. The standard InChI is InChI=1S/C25H26F2N2O3/c1-25(14-15-7-12-19(26)20(27)13-15)22(30)21(24(32)29-25)23(31)28-18-10-8-17(9-11-18)16-5-3-2-4-6-16/h7-13,16,21H,2-6,14H2,1H3,(H,28,31)(H,29,32). The summed E-state index contributed by atoms with van der Waals surface area (Å²) < 4.78 is 26.7. The number of rotatable bonds is 5. The van der Waals surface area contributed by atoms with Crippen LogP contribution < -0.4 is 10.6 Å². The number of anilines is 1. The smallest absolute Gasteiger partial charge is 0.244 e. The zero-order chi connectivity index (χ0) is 22.9. The third-order valence-corrected chi connectivity index (χ3v) is 6.53. The van der Waals surface area contributed by atoms with E-state index in [2.05, 4.69) is 10.6 Å². The van der Waals surface area contributed by atoms with Gasteiger partial charge in [0.1, 0.15) is 5.54 Å². The maximum atomic E-state index is 13.5. The Kier molecular flexibility index (Phi) is 6.09. The largest absolute Gasteiger partial charge is 0.342 e. The Balaban J connectivity index is 1.43. The van der Waals surface area contributed by atoms with Gasteiger partial charge in [0.25, 0.3) is 0 Å². The SMILES string of the molecule is CC1(Cc2ccc(F)c(F)c2)NC(=O)C(C(=O)Nc2ccc(C3CCCCC3)cc2)C1=O. The van der Waals surface area contributed by atoms with Gasteiger partial charge in [0.15, 0.2) is 23.3 Å². The zero-order valence-electron chi connectivity index (χ0n) is 17.9. The summed E-state index contributed by atoms with van der Waals surface area (Å²) in [4.78, 5) is 38.2. The van der Waals surface area contributed by atoms with Crippen molar-refractivity contribution in [2.45, 2.75) is 56.9 Å². The summed E-state index contributed by atoms with van der Waals surface area (Å²) in [7, 11) is 0. The van der Waals surface area contributed by atoms with Gasteiger partial charge in [-0.1, -0.05) is 37.5 Å². The maximum Gasteiger partial charge on any atom is 0.244 e. The van der Waals surface area contributed by atoms with Crippen LogP contribution in [0, 0.1) is 17.6 Å². The summed E-state index contributed by atoms with van der Waals surface area (Å²) >= 11 is 0. The second-order valence-corrected chi connectivity index (χ2v) is 8.99. The van der Waals surface area contributed by atoms with Crippen molar-refractivity contribution < 1.29 is 23.2 Å². The molecule has 2 N–H and O–H groups in total. The highest BCUT2D eigenvalue weighted by Gasteiger charge is 2.52. The Morgan fingerprint density at radius 2 is 1.72 bits per heavy atom. The van der Waals surface area contributed by atoms with Gasteiger partial charge in [0.05, 0.1) is 0 Å². The van der Waals surface area contributed by atoms with Gasteiger partial charge in [-0.2, -0.15) is 0 Å². The summed E-state index contributed by atoms with van der Waals surface area (Å²) in [6.07, 6.45) is 6.01. The Labute approximate surface area is 185 Å². The molecule has 2 aromatic rings. The summed E-state index contributed by atoms with van der Waals surface area (Å²) in [6, 6.07) is 10.9. The molecule has 2 fully saturated rings. The van der Waals surface area contributed by atoms with Crippen LogP contribution in [0.5, 0.6) is 0 Å². The van der Waals surface area contributed by atoms with Crippen molar-refractivity contribution in [3.8, 4) is 0 Å². The van der Waals surface area contributed by atoms with Gasteiger partial charge in [-0.05, 0) is 61.1 Å². The minimum Gasteiger partial charge on any atom is -0.342 e. The van der Waals surface area contributed by atoms with Crippen molar-refractivity contribution in [1.29, 1.82) is 0 Å². The van der Waals surface area contributed by atoms with Gasteiger partial charge in [-0.3, -0.25) is 14.4 Å². The van der Waals surface area contributed by atoms with Gasteiger partial charge >= 0.3 is 0 Å². The molecular weight excluding hydrogens is 414 g/mol. The number of Topliss-reactive ketones (excluding diaryl/α,β-unsaturated/α-hetero) is 1. The predicted octanol–water partition coefficient (Wildman–Crippen LogP) is 4.27. The highest BCUT2D eigenvalue weighted by molar-refractivity contribution is 6.27. The molecule has 1 aliphatic heterocycles. The van der Waals surface area contributed by atoms with Crippen molar-refractivity contribution in [2.75, 3.05) is 5.32 Å². The van der Waals surface area contributed by atoms with Crippen LogP contribution in [0.4, 0.5) is 14.5 Å². The second-order valence-electron chi connectivity index (χ2n) is 8.99. The van der Waals surface area contributed by atoms with Gasteiger partial charge < -0.3 is 10.6 Å². The minimum absolute atomic E-state index is 0.0470. The molecule has 0 bridgehead atoms. The molecule has 2 aromatic carbocycles. The number of carbonyl (C=O) groups excluding carboxylic acids is 3. The number of amides is 2. The van der Waals surface area contributed by atoms with Crippen molar-refractivity contribution >= 4 is 23.3 Å². The second kappa shape index (κ2) is 8.81. The summed E-state index contributed by atoms with van der Waals surface area (Å²) in [6.45, 7) is 1.49. The molecule has 168 valence electrons. The van der Waals surface area contributed by atoms with E-state index in [9.17, 15) is 23.2 Å². The molecular formula is C25H26F2N2O3. The van der Waals surface area contributed by atoms with Crippen LogP contribution in [0.25, 0.3) is 0 Å². The normalized spacial score (nSPS) is 23.8. The maximum absolute atomic E-state index is 13.5. The Hall–Kier alpha value is -3.09. The first-order valence-corrected chi connectivity index (χ1v) is 11.0. The van der Waals surface area contributed by atoms with E-state index < -0.39 is 40.7 Å². The van der Waals surface area contributed by atoms with Crippen molar-refractivity contribution in [3.05, 3.63) is 65.2 Å². The highest BCUT2D eigenvalue weighted by Crippen LogP contribution is 2.33. The van der Waals surface area contributed by atoms with Crippen LogP contribution in [0.15, 0.2) is 42.5 Å². The van der Waals surface area contributed by atoms with Gasteiger partial charge in [-0.15, -0.1) is 0 Å². The highest BCUT2D eigenvalue weighted by atomic mass is 19.2. The first-order chi connectivity index (χ1) is 15.3. The summed E-state index contributed by atoms with van der Waals surface area (Å²) in [5.41, 5.74) is 0.717. The number of ketones is 1. The first kappa shape index (κ1) is 22.1. The number of carbonyl (C=O) groups is 3. The molecule has 32 heavy (non-hydrogen) atoms. The number of hydrogen-bond acceptors (Lipinski definition) is 3. The first-order valence-electron chi connectivity index (χ1n) is 11.0. The van der Waals surface area contributed by atoms with E-state index in [0.29, 0.717) is 17.2 Å². The van der Waals surface area contributed by atoms with Crippen molar-refractivity contribution in [1.82, 2.24) is 5.32 Å². The van der Waals surface area contributed by atoms with E-state index in [4.69, 9.17) is 0 Å². The lowest BCUT2D eigenvalue weighted by Gasteiger charge is -2.22. The molecule has 2 atom stereocenters. The molecule has 5 nitrogen and oxygen atoms in total. The number of hydrogen-bond donors (Lipinski definition) is 2. The third-order valence-electron chi connectivity index (χ3n) is 6.53. The Morgan fingerprint density at radius 3 is 2.38 bits per heavy atom. The Bertz CT molecular complexity index is 1050. The fraction of sp³-hybridized carbons (Fsp3) is 0.400. The molecule has 2 unspecified atom stereocenters. The Morgan fingerprint density at radius 1 is 1.03 bits per heavy atom. The van der Waals surface area contributed by atoms with Crippen LogP contribution in [0.1, 0.15) is 56.1 Å². The lowest BCUT2D eigenvalue weighted by atomic mass is 9.84. The monoisotopic (exact) mass is 440 g/mol. The summed E-state index contributed by atoms with van der Waals surface area (Å²) in [5, 5.41) is 5.23. The molecule has 0 aromatic heterocycles. The van der Waals surface area contributed by atoms with E-state index in [0.717, 1.165) is 12.1 Å². The van der Waals surface area contributed by atoms with E-state index in [-0.39, 0.29) is 6.42 Å². The predicted molar refractivity (Wildman–Crippen MR) is 116 cm³/mol. The van der Waals surface area contributed by atoms with Gasteiger partial charge in [0.2, 0.25) is 11.8 Å². The molecule has 2 aliphatic rings. The molecule has 7 heteroatoms. The molecule has 1 saturated carbocycles. The lowest BCUT2D eigenvalue weighted by molar-refractivity contribution is -0.135. The molecule has 0 spiro atoms. The third kappa shape index (κ3) is 4.42. The molecule has 4 rings (SSSR count). The molecule has 1 heterocycles. The fourth-order valence-corrected chi connectivity index (χ4v) is 4.76. The van der Waals surface area contributed by atoms with E-state index in [1.165, 1.54) is 50.7 Å². The fourth-order valence-electron chi connectivity index (χ4n) is 4.76. The van der Waals surface area contributed by atoms with Crippen LogP contribution >= 0.6 is 0 Å². The molecule has 1 saturated heterocycles. The topological polar surface area (TPSA) is 75.3 Å². The summed E-state index contributed by atoms with van der Waals surface area (Å²) in [5.74, 6) is -4.98. The van der Waals surface area contributed by atoms with Crippen molar-refractivity contribution in [3.63, 3.8) is 0 Å². The number of benzene rings is 2. The van der Waals surface area contributed by atoms with Crippen LogP contribution in [0.3, 0.4) is 0 Å². The van der Waals surface area contributed by atoms with E-state index in [1.807, 2.05) is 12.1 Å². The quantitative estimate of drug-likeness (QED) is 0.682. The molecule has 2 amide bonds. The van der Waals surface area contributed by atoms with Crippen LogP contribution in [0.2, 0.25) is 0 Å². The lowest BCUT2D eigenvalue weighted by Crippen LogP contribution is -2.45. The number of nitrogens with one attached hydrogen (secondary N) is 2. The van der Waals surface area contributed by atoms with Crippen LogP contribution in [-0.4, -0.2) is 23.1 Å². The average Bonchev–Trinajstić information content (AvgIpc) is 2.99. The molecule has 0 radical (unpaired) electrons. The van der Waals surface area contributed by atoms with E-state index >= 15 is 0 Å². The average molecular weight is 440 g/mol. The number of halogens is 2. The minimum atomic E-state index is -1.50. The van der Waals surface area contributed by atoms with Gasteiger partial charge in [-0.25, -0.2) is 8.78 Å². The van der Waals surface area contributed by atoms with E-state index in [1.54, 1.807) is 12.1 Å². The van der Waals surface area contributed by atoms with Crippen molar-refractivity contribution in [2.24, 2.45) is 5.92 Å². The van der Waals surface area contributed by atoms with Crippen LogP contribution in [-0.2, 0) is 20.8 Å². The van der Waals surface area contributed by atoms with Gasteiger partial charge in [0, 0.05) is 12.1 Å².